The Morgan fingerprint density at radius 1 is 0.633 bits per heavy atom. The summed E-state index contributed by atoms with van der Waals surface area (Å²) >= 11 is 79.9. The van der Waals surface area contributed by atoms with Gasteiger partial charge in [-0.05, 0) is 250 Å². The van der Waals surface area contributed by atoms with Gasteiger partial charge in [-0.1, -0.05) is 147 Å². The average Bonchev–Trinajstić information content (AvgIpc) is 1.08. The van der Waals surface area contributed by atoms with E-state index in [1.807, 2.05) is 12.1 Å². The number of carbonyl (C=O) groups excluding carboxylic acids is 3. The Bertz CT molecular complexity index is 5990. The summed E-state index contributed by atoms with van der Waals surface area (Å²) in [6.07, 6.45) is 1.63. The van der Waals surface area contributed by atoms with Crippen molar-refractivity contribution >= 4 is 456 Å². The number of ketones is 1. The number of nitrogen functional groups attached to an aromatic ring is 4. The second kappa shape index (κ2) is 90.8. The molecule has 1 aromatic heterocycles. The Hall–Kier alpha value is -4.42. The van der Waals surface area contributed by atoms with Crippen molar-refractivity contribution < 1.29 is 164 Å². The molecule has 45 nitrogen and oxygen atoms in total. The first kappa shape index (κ1) is 165. The molecule has 10 aromatic rings. The molecule has 28 N–H and O–H groups in total. The molecule has 817 valence electrons. The molecule has 1 aliphatic heterocycles. The fourth-order valence-corrected chi connectivity index (χ4v) is 12.2. The van der Waals surface area contributed by atoms with Gasteiger partial charge in [0.1, 0.15) is 28.8 Å². The number of benzene rings is 9. The predicted octanol–water partition coefficient (Wildman–Crippen LogP) is 24.1. The van der Waals surface area contributed by atoms with Gasteiger partial charge in [0.05, 0.1) is 137 Å². The van der Waals surface area contributed by atoms with Crippen LogP contribution in [0.2, 0.25) is 45.2 Å². The van der Waals surface area contributed by atoms with Crippen LogP contribution in [0, 0.1) is 46.5 Å². The summed E-state index contributed by atoms with van der Waals surface area (Å²) in [5.74, 6) is -5.62. The van der Waals surface area contributed by atoms with Crippen molar-refractivity contribution in [3.63, 3.8) is 0 Å². The normalized spacial score (nSPS) is 9.67. The SMILES string of the molecule is C.CC(=O)O.CC(C)(C)ON=O.CC(O)O.N.N=CN.Nc1c(Br)cccc1[N+](=O)[O-].Nc1c(C(=O)O)cc(Cl)c(Br)c1Cl.Nc1c(C(=O)O)ccc(Br)c1Cl.Nc1cccc(Br)c1Cl.O=C(/C=N/O)Nc1cccc(Br)c1Cl.O=C1Nc2c(ccc(Br)c2Cl)C1=O.O=S(=O)(O)O.O=S(Cl)Cl.O=[N+]([O-])c1cccc(Br)c1Cl.O=[N+]([O-])c1cccc(Br)c1F.O=c1[nH]cnc2c(Cl)c(Br)c(Cl)cc12.OO.[Cl][Cu][Cl].[Cl][Sn][Cl].[Na+].[OH-]. The first-order valence-corrected chi connectivity index (χ1v) is 58.6. The number of carbonyl (C=O) groups is 6. The van der Waals surface area contributed by atoms with E-state index >= 15 is 0 Å². The van der Waals surface area contributed by atoms with E-state index in [0.717, 1.165) is 43.1 Å². The maximum atomic E-state index is 12.8. The van der Waals surface area contributed by atoms with E-state index in [0.29, 0.717) is 90.0 Å². The molecule has 0 saturated carbocycles. The minimum absolute atomic E-state index is 0. The second-order valence-corrected chi connectivity index (χ2v) is 43.7. The number of nitrogens with zero attached hydrogens (tertiary/aromatic N) is 6. The molecule has 2 heterocycles. The van der Waals surface area contributed by atoms with E-state index in [1.54, 1.807) is 87.5 Å². The van der Waals surface area contributed by atoms with Gasteiger partial charge >= 0.3 is 128 Å². The fourth-order valence-electron chi connectivity index (χ4n) is 7.21. The number of aromatic carboxylic acids is 2. The molecule has 0 bridgehead atoms. The van der Waals surface area contributed by atoms with E-state index < -0.39 is 112 Å². The number of hydrogen-bond donors (Lipinski definition) is 20. The maximum Gasteiger partial charge on any atom is 1.00 e. The number of carboxylic acid groups (broad SMARTS) is 3. The number of fused-ring (bicyclic) bond motifs is 2. The Morgan fingerprint density at radius 2 is 0.986 bits per heavy atom. The van der Waals surface area contributed by atoms with Crippen LogP contribution in [-0.2, 0) is 52.0 Å². The minimum atomic E-state index is -4.67. The molecule has 0 fully saturated rings. The molecule has 1 aliphatic rings. The number of aliphatic hydroxyl groups is 2. The molecule has 0 spiro atoms. The standard InChI is InChI=1S/C8H3BrCl2N2O.C8H6BrClN2O2.C8H3BrClNO2.C7H4BrCl2NO2.C7H5BrClNO2.C6H3BrClNO2.C6H5BrClN.C6H3BrFNO2.C6H5BrN2O2.C4H9NO2.C2H6O2.C2H4O2.CH4N2.CH4.Cl2OS.4ClH.Cu.H3N.Na.H2O4S.H2O2.H2O.Sn/c9-5-4(10)1-3-7(6(5)11)12-2-13-8(3)14;9-5-2-1-3-6(8(5)10)12-7(13)4-11-14;9-4-2-1-3-6(5(4)10)11-8(13)7(3)12;8-4-3(9)1-2(7(12)13)6(11)5(4)10;8-4-2-1-3(7(11)12)6(10)5(4)9;7-4-2-1-3-5(6(4)8)9(10)11;7-4-2-1-3-5(9)6(4)8;2*7-4-2-1-3-5(6(4)8)9(10)11;1-4(2,3)7-5-6;2*1-2(3)4;2-1-3;;1-4(2)3;;;;;;;;1-5(2,3)4;1-2;;/h1-2H,(H,12,13,14);1-4,14H,(H,12,13);1-2H,(H,11,12,13);1H,11H2,(H,12,13);1-2H,10H2,(H,11,12);1-3H;1-3H,9H2;1-3H;1-3H,8H2;1-3H3;2-4H,1H3;1H3,(H,3,4);1H,(H3,2,3);1H4;;4*1H;;1H3;;(H2,1,2,3,4);1-2H;1H2;/q;;;;;;;;;;;;;;;;;;;+2;;+1;;;;+2/p-5/b;11-4+;;;;;;;;;;;;;;;;;;;;;;;;. The van der Waals surface area contributed by atoms with Crippen molar-refractivity contribution in [2.45, 2.75) is 53.9 Å². The van der Waals surface area contributed by atoms with Crippen LogP contribution in [0.15, 0.2) is 189 Å². The molecular weight excluding hydrogens is 3090 g/mol. The topological polar surface area (TPSA) is 825 Å². The molecular formula is C72H72Br9Cl15CuFN16NaO29S2Sn. The monoisotopic (exact) mass is 3150 g/mol. The molecule has 0 atom stereocenters. The van der Waals surface area contributed by atoms with Gasteiger partial charge in [0, 0.05) is 73.3 Å². The van der Waals surface area contributed by atoms with E-state index in [1.165, 1.54) is 55.7 Å². The van der Waals surface area contributed by atoms with Crippen molar-refractivity contribution in [3.05, 3.63) is 287 Å². The van der Waals surface area contributed by atoms with Crippen molar-refractivity contribution in [2.24, 2.45) is 16.2 Å². The Labute approximate surface area is 1020 Å². The average molecular weight is 3160 g/mol. The van der Waals surface area contributed by atoms with Gasteiger partial charge in [-0.15, -0.1) is 4.91 Å². The largest absolute Gasteiger partial charge is 1.00 e. The molecule has 2 amide bonds. The van der Waals surface area contributed by atoms with Crippen LogP contribution in [-0.4, -0.2) is 172 Å². The fraction of sp³-hybridized carbons (Fsp3) is 0.111. The van der Waals surface area contributed by atoms with Crippen LogP contribution in [0.5, 0.6) is 0 Å². The molecule has 11 rings (SSSR count). The van der Waals surface area contributed by atoms with E-state index in [4.69, 9.17) is 218 Å². The number of nitrogens with one attached hydrogen (secondary N) is 4. The van der Waals surface area contributed by atoms with E-state index in [-0.39, 0.29) is 118 Å². The molecule has 0 saturated heterocycles. The van der Waals surface area contributed by atoms with Crippen LogP contribution in [0.4, 0.5) is 55.6 Å². The number of carboxylic acids is 3. The zero-order valence-corrected chi connectivity index (χ0v) is 106. The van der Waals surface area contributed by atoms with Gasteiger partial charge in [0.15, 0.2) is 5.34 Å². The van der Waals surface area contributed by atoms with Crippen molar-refractivity contribution in [1.82, 2.24) is 16.1 Å². The zero-order chi connectivity index (χ0) is 113. The van der Waals surface area contributed by atoms with Crippen molar-refractivity contribution in [1.29, 1.82) is 5.41 Å². The number of anilines is 6. The number of aliphatic hydroxyl groups excluding tert-OH is 1. The number of halogens is 25. The molecule has 0 unspecified atom stereocenters. The number of para-hydroxylation sites is 1. The molecule has 75 heteroatoms. The third kappa shape index (κ3) is 74.4. The minimum Gasteiger partial charge on any atom is -0.870 e. The van der Waals surface area contributed by atoms with Gasteiger partial charge < -0.3 is 91.5 Å². The number of nitro benzene ring substituents is 3. The van der Waals surface area contributed by atoms with Gasteiger partial charge in [0.2, 0.25) is 15.0 Å². The number of aliphatic carboxylic acids is 1. The Morgan fingerprint density at radius 3 is 1.36 bits per heavy atom. The summed E-state index contributed by atoms with van der Waals surface area (Å²) in [5.41, 5.74) is 27.2. The van der Waals surface area contributed by atoms with Gasteiger partial charge in [-0.25, -0.2) is 18.8 Å². The number of aromatic nitrogens is 2. The zero-order valence-electron chi connectivity index (χ0n) is 72.5. The number of amides is 2. The summed E-state index contributed by atoms with van der Waals surface area (Å²) in [6, 6.07) is 32.5. The van der Waals surface area contributed by atoms with Crippen LogP contribution < -0.4 is 80.6 Å². The molecule has 0 aliphatic carbocycles. The Kier molecular flexibility index (Phi) is 102. The Balaban J connectivity index is -0.000000151. The first-order chi connectivity index (χ1) is 65.9. The smallest absolute Gasteiger partial charge is 0.870 e. The van der Waals surface area contributed by atoms with E-state index in [2.05, 4.69) is 227 Å². The second-order valence-electron chi connectivity index (χ2n) is 23.5. The number of rotatable bonds is 8. The van der Waals surface area contributed by atoms with E-state index in [9.17, 15) is 68.4 Å². The molecule has 2 radical (unpaired) electrons. The van der Waals surface area contributed by atoms with Crippen LogP contribution >= 0.6 is 307 Å². The van der Waals surface area contributed by atoms with Gasteiger partial charge in [-0.2, -0.15) is 12.8 Å². The van der Waals surface area contributed by atoms with Crippen LogP contribution in [0.3, 0.4) is 0 Å². The quantitative estimate of drug-likeness (QED) is 0.00533. The van der Waals surface area contributed by atoms with Crippen molar-refractivity contribution in [2.75, 3.05) is 33.6 Å². The summed E-state index contributed by atoms with van der Waals surface area (Å²) in [6.45, 7) is 7.64. The number of hydrogen-bond acceptors (Lipinski definition) is 33. The van der Waals surface area contributed by atoms with Gasteiger partial charge in [-0.3, -0.25) is 79.3 Å². The third-order valence-corrected chi connectivity index (χ3v) is 24.2. The summed E-state index contributed by atoms with van der Waals surface area (Å²) in [7, 11) is 21.9. The molecule has 147 heavy (non-hydrogen) atoms. The van der Waals surface area contributed by atoms with Gasteiger partial charge in [0.25, 0.3) is 40.5 Å². The van der Waals surface area contributed by atoms with Crippen molar-refractivity contribution in [3.8, 4) is 0 Å². The number of H-pyrrole nitrogens is 1. The third-order valence-electron chi connectivity index (χ3n) is 12.5. The summed E-state index contributed by atoms with van der Waals surface area (Å²) < 4.78 is 58.3. The number of aromatic amines is 1. The van der Waals surface area contributed by atoms with Crippen LogP contribution in [0.1, 0.15) is 73.1 Å². The maximum absolute atomic E-state index is 12.8. The first-order valence-electron chi connectivity index (χ1n) is 34.1. The summed E-state index contributed by atoms with van der Waals surface area (Å²) in [4.78, 5) is 124. The number of nitrogens with two attached hydrogens (primary N) is 5. The van der Waals surface area contributed by atoms with Crippen LogP contribution in [0.25, 0.3) is 10.9 Å². The molecule has 9 aromatic carbocycles. The number of nitro groups is 3. The number of oxime groups is 1. The summed E-state index contributed by atoms with van der Waals surface area (Å²) in [5, 5.41) is 109. The number of Topliss-reactive ketones (excluding diaryl/α,β-unsaturated/α-hetero) is 1. The predicted molar refractivity (Wildman–Crippen MR) is 601 cm³/mol.